The van der Waals surface area contributed by atoms with Crippen LogP contribution in [-0.2, 0) is 0 Å². The summed E-state index contributed by atoms with van der Waals surface area (Å²) in [5.74, 6) is 0.244. The van der Waals surface area contributed by atoms with E-state index in [2.05, 4.69) is 20.7 Å². The van der Waals surface area contributed by atoms with E-state index in [9.17, 15) is 4.79 Å². The molecule has 1 amide bonds. The van der Waals surface area contributed by atoms with Crippen LogP contribution in [0.4, 0.5) is 0 Å². The molecule has 0 atom stereocenters. The number of carbonyl (C=O) groups is 1. The monoisotopic (exact) mass is 300 g/mol. The lowest BCUT2D eigenvalue weighted by atomic mass is 10.3. The second-order valence-electron chi connectivity index (χ2n) is 4.31. The molecule has 0 radical (unpaired) electrons. The summed E-state index contributed by atoms with van der Waals surface area (Å²) in [5.41, 5.74) is 4.46. The van der Waals surface area contributed by atoms with Crippen molar-refractivity contribution in [2.24, 2.45) is 5.10 Å². The van der Waals surface area contributed by atoms with Crippen molar-refractivity contribution < 1.29 is 9.21 Å². The molecule has 0 aliphatic carbocycles. The van der Waals surface area contributed by atoms with Crippen molar-refractivity contribution in [2.45, 2.75) is 6.92 Å². The Hall–Kier alpha value is -2.67. The summed E-state index contributed by atoms with van der Waals surface area (Å²) >= 11 is 1.56. The maximum Gasteiger partial charge on any atom is 0.291 e. The van der Waals surface area contributed by atoms with Gasteiger partial charge in [0.05, 0.1) is 12.5 Å². The van der Waals surface area contributed by atoms with Crippen molar-refractivity contribution in [3.8, 4) is 11.5 Å². The van der Waals surface area contributed by atoms with Crippen molar-refractivity contribution in [3.05, 3.63) is 52.0 Å². The van der Waals surface area contributed by atoms with Crippen LogP contribution in [-0.4, -0.2) is 22.3 Å². The van der Waals surface area contributed by atoms with Gasteiger partial charge in [-0.3, -0.25) is 9.89 Å². The first kappa shape index (κ1) is 13.3. The van der Waals surface area contributed by atoms with Gasteiger partial charge in [0, 0.05) is 10.9 Å². The highest BCUT2D eigenvalue weighted by Gasteiger charge is 2.11. The zero-order chi connectivity index (χ0) is 14.7. The minimum Gasteiger partial charge on any atom is -0.463 e. The number of nitrogens with zero attached hydrogens (tertiary/aromatic N) is 2. The minimum atomic E-state index is -0.380. The van der Waals surface area contributed by atoms with E-state index in [1.165, 1.54) is 0 Å². The van der Waals surface area contributed by atoms with Gasteiger partial charge in [0.1, 0.15) is 5.69 Å². The van der Waals surface area contributed by atoms with Crippen LogP contribution in [0.15, 0.2) is 45.4 Å². The second kappa shape index (κ2) is 5.76. The number of carbonyl (C=O) groups excluding carboxylic acids is 1. The van der Waals surface area contributed by atoms with Gasteiger partial charge < -0.3 is 4.42 Å². The summed E-state index contributed by atoms with van der Waals surface area (Å²) in [6.07, 6.45) is 3.18. The third-order valence-electron chi connectivity index (χ3n) is 2.85. The lowest BCUT2D eigenvalue weighted by Gasteiger charge is -1.94. The predicted molar refractivity (Wildman–Crippen MR) is 80.4 cm³/mol. The van der Waals surface area contributed by atoms with E-state index < -0.39 is 0 Å². The van der Waals surface area contributed by atoms with Crippen molar-refractivity contribution >= 4 is 23.5 Å². The van der Waals surface area contributed by atoms with Gasteiger partial charge in [-0.05, 0) is 36.1 Å². The van der Waals surface area contributed by atoms with E-state index in [0.717, 1.165) is 10.4 Å². The molecule has 0 aliphatic rings. The first-order chi connectivity index (χ1) is 10.2. The molecule has 3 aromatic heterocycles. The molecule has 0 unspecified atom stereocenters. The first-order valence-electron chi connectivity index (χ1n) is 6.21. The summed E-state index contributed by atoms with van der Waals surface area (Å²) in [6.45, 7) is 1.99. The maximum atomic E-state index is 11.9. The maximum absolute atomic E-state index is 11.9. The molecule has 0 saturated carbocycles. The minimum absolute atomic E-state index is 0.251. The van der Waals surface area contributed by atoms with Crippen molar-refractivity contribution in [1.29, 1.82) is 0 Å². The standard InChI is InChI=1S/C14H12N4O2S/c1-9-4-6-21-13(9)8-15-18-14(19)11-7-10(16-17-11)12-3-2-5-20-12/h2-8H,1H3,(H,16,17)(H,18,19). The number of H-pyrrole nitrogens is 1. The van der Waals surface area contributed by atoms with Crippen LogP contribution in [0.3, 0.4) is 0 Å². The Kier molecular flexibility index (Phi) is 3.65. The number of thiophene rings is 1. The largest absolute Gasteiger partial charge is 0.463 e. The van der Waals surface area contributed by atoms with E-state index >= 15 is 0 Å². The first-order valence-corrected chi connectivity index (χ1v) is 7.09. The smallest absolute Gasteiger partial charge is 0.291 e. The van der Waals surface area contributed by atoms with Crippen LogP contribution in [0, 0.1) is 6.92 Å². The Morgan fingerprint density at radius 2 is 2.43 bits per heavy atom. The predicted octanol–water partition coefficient (Wildman–Crippen LogP) is 2.80. The van der Waals surface area contributed by atoms with Crippen molar-refractivity contribution in [2.75, 3.05) is 0 Å². The topological polar surface area (TPSA) is 83.3 Å². The summed E-state index contributed by atoms with van der Waals surface area (Å²) in [6, 6.07) is 7.16. The quantitative estimate of drug-likeness (QED) is 0.574. The third-order valence-corrected chi connectivity index (χ3v) is 3.80. The summed E-state index contributed by atoms with van der Waals surface area (Å²) in [5, 5.41) is 12.6. The van der Waals surface area contributed by atoms with E-state index in [-0.39, 0.29) is 11.6 Å². The highest BCUT2D eigenvalue weighted by atomic mass is 32.1. The van der Waals surface area contributed by atoms with Gasteiger partial charge >= 0.3 is 0 Å². The molecule has 0 spiro atoms. The van der Waals surface area contributed by atoms with E-state index in [1.807, 2.05) is 18.4 Å². The SMILES string of the molecule is Cc1ccsc1C=NNC(=O)c1cc(-c2ccco2)[nH]n1. The molecule has 21 heavy (non-hydrogen) atoms. The number of aromatic nitrogens is 2. The lowest BCUT2D eigenvalue weighted by molar-refractivity contribution is 0.0950. The van der Waals surface area contributed by atoms with Gasteiger partial charge in [0.25, 0.3) is 5.91 Å². The number of hydrogen-bond donors (Lipinski definition) is 2. The zero-order valence-corrected chi connectivity index (χ0v) is 12.0. The summed E-state index contributed by atoms with van der Waals surface area (Å²) in [7, 11) is 0. The van der Waals surface area contributed by atoms with E-state index in [4.69, 9.17) is 4.42 Å². The average molecular weight is 300 g/mol. The Morgan fingerprint density at radius 1 is 1.52 bits per heavy atom. The van der Waals surface area contributed by atoms with Gasteiger partial charge in [-0.1, -0.05) is 0 Å². The Balaban J connectivity index is 1.66. The van der Waals surface area contributed by atoms with Crippen LogP contribution in [0.2, 0.25) is 0 Å². The molecule has 0 bridgehead atoms. The number of rotatable bonds is 4. The molecule has 7 heteroatoms. The molecule has 3 heterocycles. The molecule has 0 saturated heterocycles. The van der Waals surface area contributed by atoms with Crippen LogP contribution in [0.25, 0.3) is 11.5 Å². The zero-order valence-electron chi connectivity index (χ0n) is 11.2. The fourth-order valence-corrected chi connectivity index (χ4v) is 2.51. The normalized spacial score (nSPS) is 11.1. The molecule has 3 aromatic rings. The average Bonchev–Trinajstić information content (AvgIpc) is 3.19. The number of furan rings is 1. The van der Waals surface area contributed by atoms with Gasteiger partial charge in [0.2, 0.25) is 0 Å². The summed E-state index contributed by atoms with van der Waals surface area (Å²) in [4.78, 5) is 12.9. The summed E-state index contributed by atoms with van der Waals surface area (Å²) < 4.78 is 5.22. The molecule has 106 valence electrons. The van der Waals surface area contributed by atoms with Crippen LogP contribution < -0.4 is 5.43 Å². The number of nitrogens with one attached hydrogen (secondary N) is 2. The molecule has 6 nitrogen and oxygen atoms in total. The van der Waals surface area contributed by atoms with Gasteiger partial charge in [-0.25, -0.2) is 5.43 Å². The number of aryl methyl sites for hydroxylation is 1. The fourth-order valence-electron chi connectivity index (χ4n) is 1.72. The molecular formula is C14H12N4O2S. The van der Waals surface area contributed by atoms with E-state index in [1.54, 1.807) is 42.0 Å². The van der Waals surface area contributed by atoms with E-state index in [0.29, 0.717) is 11.5 Å². The van der Waals surface area contributed by atoms with Crippen LogP contribution >= 0.6 is 11.3 Å². The Labute approximate surface area is 124 Å². The van der Waals surface area contributed by atoms with Crippen LogP contribution in [0.5, 0.6) is 0 Å². The van der Waals surface area contributed by atoms with Gasteiger partial charge in [-0.2, -0.15) is 10.2 Å². The number of aromatic amines is 1. The number of hydrazone groups is 1. The lowest BCUT2D eigenvalue weighted by Crippen LogP contribution is -2.17. The van der Waals surface area contributed by atoms with Gasteiger partial charge in [0.15, 0.2) is 11.5 Å². The molecule has 0 fully saturated rings. The molecular weight excluding hydrogens is 288 g/mol. The molecule has 3 rings (SSSR count). The molecule has 0 aliphatic heterocycles. The van der Waals surface area contributed by atoms with Crippen molar-refractivity contribution in [3.63, 3.8) is 0 Å². The van der Waals surface area contributed by atoms with Crippen molar-refractivity contribution in [1.82, 2.24) is 15.6 Å². The number of hydrogen-bond acceptors (Lipinski definition) is 5. The highest BCUT2D eigenvalue weighted by Crippen LogP contribution is 2.17. The highest BCUT2D eigenvalue weighted by molar-refractivity contribution is 7.11. The fraction of sp³-hybridized carbons (Fsp3) is 0.0714. The molecule has 2 N–H and O–H groups in total. The van der Waals surface area contributed by atoms with Gasteiger partial charge in [-0.15, -0.1) is 11.3 Å². The third kappa shape index (κ3) is 2.92. The Bertz CT molecular complexity index is 771. The Morgan fingerprint density at radius 3 is 3.14 bits per heavy atom. The van der Waals surface area contributed by atoms with Crippen LogP contribution in [0.1, 0.15) is 20.9 Å². The molecule has 0 aromatic carbocycles. The second-order valence-corrected chi connectivity index (χ2v) is 5.26. The number of amides is 1.